The molecule has 1 aliphatic carbocycles. The SMILES string of the molecule is Clc1cccc(N2CCN(C3CCCC3)CC2)c1-c1nccs1. The van der Waals surface area contributed by atoms with Gasteiger partial charge < -0.3 is 4.90 Å². The number of anilines is 1. The zero-order chi connectivity index (χ0) is 15.6. The van der Waals surface area contributed by atoms with Crippen LogP contribution in [0.15, 0.2) is 29.8 Å². The van der Waals surface area contributed by atoms with E-state index < -0.39 is 0 Å². The predicted octanol–water partition coefficient (Wildman–Crippen LogP) is 4.53. The van der Waals surface area contributed by atoms with Gasteiger partial charge in [0.15, 0.2) is 0 Å². The Morgan fingerprint density at radius 3 is 2.57 bits per heavy atom. The zero-order valence-corrected chi connectivity index (χ0v) is 14.8. The predicted molar refractivity (Wildman–Crippen MR) is 98.6 cm³/mol. The first kappa shape index (κ1) is 15.4. The van der Waals surface area contributed by atoms with Crippen molar-refractivity contribution >= 4 is 28.6 Å². The number of benzene rings is 1. The second kappa shape index (κ2) is 6.80. The van der Waals surface area contributed by atoms with E-state index in [-0.39, 0.29) is 0 Å². The molecule has 2 aliphatic rings. The van der Waals surface area contributed by atoms with Crippen LogP contribution in [0.2, 0.25) is 5.02 Å². The van der Waals surface area contributed by atoms with Crippen LogP contribution < -0.4 is 4.90 Å². The Labute approximate surface area is 146 Å². The van der Waals surface area contributed by atoms with E-state index in [1.54, 1.807) is 11.3 Å². The van der Waals surface area contributed by atoms with Crippen molar-refractivity contribution in [3.05, 3.63) is 34.8 Å². The molecule has 23 heavy (non-hydrogen) atoms. The monoisotopic (exact) mass is 347 g/mol. The highest BCUT2D eigenvalue weighted by Gasteiger charge is 2.27. The molecule has 0 unspecified atom stereocenters. The minimum absolute atomic E-state index is 0.802. The van der Waals surface area contributed by atoms with Crippen molar-refractivity contribution in [2.24, 2.45) is 0 Å². The van der Waals surface area contributed by atoms with Crippen LogP contribution in [0.4, 0.5) is 5.69 Å². The first-order valence-corrected chi connectivity index (χ1v) is 9.76. The number of hydrogen-bond acceptors (Lipinski definition) is 4. The van der Waals surface area contributed by atoms with Crippen LogP contribution >= 0.6 is 22.9 Å². The van der Waals surface area contributed by atoms with Gasteiger partial charge in [-0.15, -0.1) is 11.3 Å². The highest BCUT2D eigenvalue weighted by molar-refractivity contribution is 7.13. The summed E-state index contributed by atoms with van der Waals surface area (Å²) < 4.78 is 0. The van der Waals surface area contributed by atoms with E-state index in [0.29, 0.717) is 0 Å². The molecule has 0 spiro atoms. The fraction of sp³-hybridized carbons (Fsp3) is 0.500. The van der Waals surface area contributed by atoms with Crippen LogP contribution in [-0.4, -0.2) is 42.1 Å². The number of nitrogens with zero attached hydrogens (tertiary/aromatic N) is 3. The summed E-state index contributed by atoms with van der Waals surface area (Å²) >= 11 is 8.16. The molecule has 0 radical (unpaired) electrons. The highest BCUT2D eigenvalue weighted by Crippen LogP contribution is 2.38. The second-order valence-electron chi connectivity index (χ2n) is 6.43. The molecular weight excluding hydrogens is 326 g/mol. The Hall–Kier alpha value is -1.10. The van der Waals surface area contributed by atoms with Crippen molar-refractivity contribution in [2.75, 3.05) is 31.1 Å². The molecule has 1 aliphatic heterocycles. The molecule has 2 heterocycles. The topological polar surface area (TPSA) is 19.4 Å². The Kier molecular flexibility index (Phi) is 4.56. The van der Waals surface area contributed by atoms with Crippen LogP contribution in [0.3, 0.4) is 0 Å². The molecule has 1 aromatic heterocycles. The van der Waals surface area contributed by atoms with Gasteiger partial charge >= 0.3 is 0 Å². The van der Waals surface area contributed by atoms with Gasteiger partial charge in [0.1, 0.15) is 5.01 Å². The number of piperazine rings is 1. The van der Waals surface area contributed by atoms with Gasteiger partial charge in [-0.25, -0.2) is 4.98 Å². The first-order chi connectivity index (χ1) is 11.3. The summed E-state index contributed by atoms with van der Waals surface area (Å²) in [7, 11) is 0. The van der Waals surface area contributed by atoms with Gasteiger partial charge in [-0.3, -0.25) is 4.90 Å². The van der Waals surface area contributed by atoms with E-state index >= 15 is 0 Å². The van der Waals surface area contributed by atoms with Crippen LogP contribution in [0.5, 0.6) is 0 Å². The fourth-order valence-corrected chi connectivity index (χ4v) is 4.95. The molecule has 2 aromatic rings. The summed E-state index contributed by atoms with van der Waals surface area (Å²) in [6.07, 6.45) is 7.45. The molecule has 0 amide bonds. The molecule has 1 saturated heterocycles. The van der Waals surface area contributed by atoms with Crippen molar-refractivity contribution in [1.82, 2.24) is 9.88 Å². The Morgan fingerprint density at radius 2 is 1.87 bits per heavy atom. The Bertz CT molecular complexity index is 644. The van der Waals surface area contributed by atoms with Gasteiger partial charge in [0.05, 0.1) is 10.6 Å². The summed E-state index contributed by atoms with van der Waals surface area (Å²) in [5, 5.41) is 3.83. The van der Waals surface area contributed by atoms with Crippen molar-refractivity contribution in [3.63, 3.8) is 0 Å². The summed E-state index contributed by atoms with van der Waals surface area (Å²) in [5.74, 6) is 0. The van der Waals surface area contributed by atoms with Crippen molar-refractivity contribution in [1.29, 1.82) is 0 Å². The molecule has 4 rings (SSSR count). The average Bonchev–Trinajstić information content (AvgIpc) is 3.28. The van der Waals surface area contributed by atoms with Gasteiger partial charge in [0, 0.05) is 49.5 Å². The lowest BCUT2D eigenvalue weighted by atomic mass is 10.1. The van der Waals surface area contributed by atoms with Crippen LogP contribution in [0.25, 0.3) is 10.6 Å². The van der Waals surface area contributed by atoms with E-state index in [1.165, 1.54) is 31.4 Å². The normalized spacial score (nSPS) is 20.3. The molecule has 1 saturated carbocycles. The summed E-state index contributed by atoms with van der Waals surface area (Å²) in [6.45, 7) is 4.48. The summed E-state index contributed by atoms with van der Waals surface area (Å²) in [4.78, 5) is 9.65. The van der Waals surface area contributed by atoms with Gasteiger partial charge in [0.2, 0.25) is 0 Å². The van der Waals surface area contributed by atoms with Gasteiger partial charge in [0.25, 0.3) is 0 Å². The fourth-order valence-electron chi connectivity index (χ4n) is 3.93. The number of rotatable bonds is 3. The number of hydrogen-bond donors (Lipinski definition) is 0. The van der Waals surface area contributed by atoms with Crippen molar-refractivity contribution in [2.45, 2.75) is 31.7 Å². The van der Waals surface area contributed by atoms with Gasteiger partial charge in [-0.1, -0.05) is 30.5 Å². The third-order valence-electron chi connectivity index (χ3n) is 5.13. The van der Waals surface area contributed by atoms with Crippen LogP contribution in [0, 0.1) is 0 Å². The highest BCUT2D eigenvalue weighted by atomic mass is 35.5. The molecule has 0 N–H and O–H groups in total. The van der Waals surface area contributed by atoms with E-state index in [9.17, 15) is 0 Å². The van der Waals surface area contributed by atoms with Gasteiger partial charge in [-0.05, 0) is 25.0 Å². The molecule has 1 aromatic carbocycles. The van der Waals surface area contributed by atoms with Crippen molar-refractivity contribution in [3.8, 4) is 10.6 Å². The largest absolute Gasteiger partial charge is 0.368 e. The zero-order valence-electron chi connectivity index (χ0n) is 13.2. The van der Waals surface area contributed by atoms with Gasteiger partial charge in [-0.2, -0.15) is 0 Å². The van der Waals surface area contributed by atoms with Crippen LogP contribution in [0.1, 0.15) is 25.7 Å². The molecule has 0 atom stereocenters. The molecular formula is C18H22ClN3S. The standard InChI is InChI=1S/C18H22ClN3S/c19-15-6-3-7-16(17(15)18-20-8-13-23-18)22-11-9-21(10-12-22)14-4-1-2-5-14/h3,6-8,13-14H,1-2,4-5,9-12H2. The molecule has 122 valence electrons. The Balaban J connectivity index is 1.54. The molecule has 3 nitrogen and oxygen atoms in total. The average molecular weight is 348 g/mol. The Morgan fingerprint density at radius 1 is 1.09 bits per heavy atom. The van der Waals surface area contributed by atoms with E-state index in [0.717, 1.165) is 47.8 Å². The number of halogens is 1. The van der Waals surface area contributed by atoms with E-state index in [2.05, 4.69) is 26.9 Å². The maximum atomic E-state index is 6.50. The minimum Gasteiger partial charge on any atom is -0.368 e. The first-order valence-electron chi connectivity index (χ1n) is 8.50. The lowest BCUT2D eigenvalue weighted by Gasteiger charge is -2.39. The third kappa shape index (κ3) is 3.12. The number of aromatic nitrogens is 1. The maximum Gasteiger partial charge on any atom is 0.126 e. The number of thiazole rings is 1. The lowest BCUT2D eigenvalue weighted by molar-refractivity contribution is 0.187. The smallest absolute Gasteiger partial charge is 0.126 e. The molecule has 0 bridgehead atoms. The molecule has 2 fully saturated rings. The quantitative estimate of drug-likeness (QED) is 0.813. The van der Waals surface area contributed by atoms with E-state index in [4.69, 9.17) is 11.6 Å². The summed E-state index contributed by atoms with van der Waals surface area (Å²) in [5.41, 5.74) is 2.33. The second-order valence-corrected chi connectivity index (χ2v) is 7.73. The van der Waals surface area contributed by atoms with E-state index in [1.807, 2.05) is 17.6 Å². The van der Waals surface area contributed by atoms with Crippen LogP contribution in [-0.2, 0) is 0 Å². The maximum absolute atomic E-state index is 6.50. The molecule has 5 heteroatoms. The summed E-state index contributed by atoms with van der Waals surface area (Å²) in [6, 6.07) is 7.04. The van der Waals surface area contributed by atoms with Crippen molar-refractivity contribution < 1.29 is 0 Å². The lowest BCUT2D eigenvalue weighted by Crippen LogP contribution is -2.49. The third-order valence-corrected chi connectivity index (χ3v) is 6.24. The minimum atomic E-state index is 0.802.